The van der Waals surface area contributed by atoms with Crippen molar-refractivity contribution in [3.8, 4) is 0 Å². The highest BCUT2D eigenvalue weighted by molar-refractivity contribution is 7.99. The average Bonchev–Trinajstić information content (AvgIpc) is 2.40. The average molecular weight is 307 g/mol. The number of nitrogens with one attached hydrogen (secondary N) is 1. The van der Waals surface area contributed by atoms with E-state index < -0.39 is 0 Å². The minimum absolute atomic E-state index is 0. The molecule has 2 atom stereocenters. The fourth-order valence-electron chi connectivity index (χ4n) is 2.91. The van der Waals surface area contributed by atoms with Crippen LogP contribution in [0.25, 0.3) is 0 Å². The normalized spacial score (nSPS) is 31.7. The van der Waals surface area contributed by atoms with Crippen LogP contribution in [0, 0.1) is 5.41 Å². The van der Waals surface area contributed by atoms with Crippen LogP contribution in [0.3, 0.4) is 0 Å². The molecule has 2 unspecified atom stereocenters. The van der Waals surface area contributed by atoms with Crippen molar-refractivity contribution in [2.75, 3.05) is 31.1 Å². The summed E-state index contributed by atoms with van der Waals surface area (Å²) in [5.41, 5.74) is 0.350. The molecule has 1 N–H and O–H groups in total. The topological polar surface area (TPSA) is 32.3 Å². The maximum absolute atomic E-state index is 12.3. The van der Waals surface area contributed by atoms with Crippen LogP contribution in [-0.2, 0) is 4.79 Å². The Labute approximate surface area is 127 Å². The van der Waals surface area contributed by atoms with Crippen LogP contribution < -0.4 is 5.32 Å². The Morgan fingerprint density at radius 2 is 2.32 bits per heavy atom. The minimum Gasteiger partial charge on any atom is -0.342 e. The molecule has 0 saturated carbocycles. The van der Waals surface area contributed by atoms with Gasteiger partial charge in [0.15, 0.2) is 0 Å². The number of hydrogen-bond donors (Lipinski definition) is 1. The van der Waals surface area contributed by atoms with Crippen molar-refractivity contribution < 1.29 is 4.79 Å². The summed E-state index contributed by atoms with van der Waals surface area (Å²) in [5.74, 6) is 2.63. The van der Waals surface area contributed by atoms with Crippen LogP contribution in [0.2, 0.25) is 0 Å². The predicted octanol–water partition coefficient (Wildman–Crippen LogP) is 2.54. The zero-order valence-corrected chi connectivity index (χ0v) is 13.7. The summed E-state index contributed by atoms with van der Waals surface area (Å²) in [6.45, 7) is 7.54. The summed E-state index contributed by atoms with van der Waals surface area (Å²) in [4.78, 5) is 14.5. The molecule has 0 bridgehead atoms. The molecule has 0 aliphatic carbocycles. The Morgan fingerprint density at radius 3 is 2.95 bits per heavy atom. The highest BCUT2D eigenvalue weighted by Crippen LogP contribution is 2.32. The Morgan fingerprint density at radius 1 is 1.53 bits per heavy atom. The van der Waals surface area contributed by atoms with Gasteiger partial charge in [-0.1, -0.05) is 13.8 Å². The Kier molecular flexibility index (Phi) is 6.98. The van der Waals surface area contributed by atoms with Crippen LogP contribution in [0.1, 0.15) is 39.5 Å². The standard InChI is InChI=1S/C14H26N2OS.ClH/c1-3-14(2)5-4-7-16(11-14)13(17)9-12-10-18-8-6-15-12;/h12,15H,3-11H2,1-2H3;1H. The van der Waals surface area contributed by atoms with Gasteiger partial charge in [0.05, 0.1) is 0 Å². The molecular formula is C14H27ClN2OS. The van der Waals surface area contributed by atoms with Gasteiger partial charge in [-0.3, -0.25) is 4.79 Å². The molecule has 5 heteroatoms. The summed E-state index contributed by atoms with van der Waals surface area (Å²) >= 11 is 1.96. The van der Waals surface area contributed by atoms with Gasteiger partial charge in [0.2, 0.25) is 5.91 Å². The SMILES string of the molecule is CCC1(C)CCCN(C(=O)CC2CSCCN2)C1.Cl. The summed E-state index contributed by atoms with van der Waals surface area (Å²) in [6, 6.07) is 0.394. The van der Waals surface area contributed by atoms with Gasteiger partial charge in [-0.05, 0) is 24.7 Å². The first-order valence-electron chi connectivity index (χ1n) is 7.22. The molecule has 19 heavy (non-hydrogen) atoms. The molecule has 2 rings (SSSR count). The first-order valence-corrected chi connectivity index (χ1v) is 8.37. The highest BCUT2D eigenvalue weighted by atomic mass is 35.5. The number of thioether (sulfide) groups is 1. The smallest absolute Gasteiger partial charge is 0.224 e. The Hall–Kier alpha value is 0.0700. The van der Waals surface area contributed by atoms with E-state index in [1.807, 2.05) is 11.8 Å². The molecule has 1 amide bonds. The van der Waals surface area contributed by atoms with Crippen molar-refractivity contribution in [3.63, 3.8) is 0 Å². The van der Waals surface area contributed by atoms with E-state index in [4.69, 9.17) is 0 Å². The van der Waals surface area contributed by atoms with E-state index in [0.29, 0.717) is 23.8 Å². The molecule has 0 spiro atoms. The summed E-state index contributed by atoms with van der Waals surface area (Å²) in [7, 11) is 0. The lowest BCUT2D eigenvalue weighted by molar-refractivity contribution is -0.135. The maximum Gasteiger partial charge on any atom is 0.224 e. The molecule has 2 aliphatic heterocycles. The van der Waals surface area contributed by atoms with E-state index >= 15 is 0 Å². The predicted molar refractivity (Wildman–Crippen MR) is 85.2 cm³/mol. The molecule has 2 fully saturated rings. The number of piperidine rings is 1. The van der Waals surface area contributed by atoms with Crippen LogP contribution in [-0.4, -0.2) is 48.0 Å². The third-order valence-corrected chi connectivity index (χ3v) is 5.54. The first-order chi connectivity index (χ1) is 8.63. The van der Waals surface area contributed by atoms with Crippen LogP contribution in [0.4, 0.5) is 0 Å². The Balaban J connectivity index is 0.00000180. The largest absolute Gasteiger partial charge is 0.342 e. The van der Waals surface area contributed by atoms with Gasteiger partial charge in [-0.25, -0.2) is 0 Å². The molecule has 0 radical (unpaired) electrons. The minimum atomic E-state index is 0. The van der Waals surface area contributed by atoms with Crippen molar-refractivity contribution in [1.82, 2.24) is 10.2 Å². The van der Waals surface area contributed by atoms with Crippen LogP contribution in [0.5, 0.6) is 0 Å². The van der Waals surface area contributed by atoms with E-state index in [1.54, 1.807) is 0 Å². The lowest BCUT2D eigenvalue weighted by Crippen LogP contribution is -2.48. The highest BCUT2D eigenvalue weighted by Gasteiger charge is 2.32. The molecule has 0 aromatic carbocycles. The lowest BCUT2D eigenvalue weighted by Gasteiger charge is -2.40. The molecule has 2 aliphatic rings. The number of nitrogens with zero attached hydrogens (tertiary/aromatic N) is 1. The summed E-state index contributed by atoms with van der Waals surface area (Å²) < 4.78 is 0. The third-order valence-electron chi connectivity index (χ3n) is 4.41. The second kappa shape index (κ2) is 7.75. The van der Waals surface area contributed by atoms with Crippen molar-refractivity contribution in [2.24, 2.45) is 5.41 Å². The molecule has 2 heterocycles. The van der Waals surface area contributed by atoms with Crippen LogP contribution >= 0.6 is 24.2 Å². The summed E-state index contributed by atoms with van der Waals surface area (Å²) in [6.07, 6.45) is 4.30. The van der Waals surface area contributed by atoms with Gasteiger partial charge >= 0.3 is 0 Å². The van der Waals surface area contributed by atoms with Crippen molar-refractivity contribution in [1.29, 1.82) is 0 Å². The molecule has 0 aromatic heterocycles. The van der Waals surface area contributed by atoms with Gasteiger partial charge in [0, 0.05) is 43.6 Å². The molecular weight excluding hydrogens is 280 g/mol. The second-order valence-corrected chi connectivity index (χ2v) is 7.16. The fourth-order valence-corrected chi connectivity index (χ4v) is 3.86. The van der Waals surface area contributed by atoms with E-state index in [9.17, 15) is 4.79 Å². The zero-order valence-electron chi connectivity index (χ0n) is 12.1. The molecule has 3 nitrogen and oxygen atoms in total. The number of rotatable bonds is 3. The van der Waals surface area contributed by atoms with Crippen molar-refractivity contribution >= 4 is 30.1 Å². The van der Waals surface area contributed by atoms with Gasteiger partial charge in [-0.15, -0.1) is 12.4 Å². The van der Waals surface area contributed by atoms with Gasteiger partial charge in [0.1, 0.15) is 0 Å². The number of halogens is 1. The van der Waals surface area contributed by atoms with Gasteiger partial charge in [0.25, 0.3) is 0 Å². The number of likely N-dealkylation sites (tertiary alicyclic amines) is 1. The van der Waals surface area contributed by atoms with Gasteiger partial charge in [-0.2, -0.15) is 11.8 Å². The second-order valence-electron chi connectivity index (χ2n) is 6.01. The van der Waals surface area contributed by atoms with Crippen molar-refractivity contribution in [3.05, 3.63) is 0 Å². The molecule has 2 saturated heterocycles. The van der Waals surface area contributed by atoms with Crippen LogP contribution in [0.15, 0.2) is 0 Å². The van der Waals surface area contributed by atoms with Crippen molar-refractivity contribution in [2.45, 2.75) is 45.6 Å². The monoisotopic (exact) mass is 306 g/mol. The fraction of sp³-hybridized carbons (Fsp3) is 0.929. The van der Waals surface area contributed by atoms with Gasteiger partial charge < -0.3 is 10.2 Å². The summed E-state index contributed by atoms with van der Waals surface area (Å²) in [5, 5.41) is 3.46. The number of amides is 1. The molecule has 0 aromatic rings. The molecule has 112 valence electrons. The third kappa shape index (κ3) is 4.83. The number of hydrogen-bond acceptors (Lipinski definition) is 3. The first kappa shape index (κ1) is 17.1. The zero-order chi connectivity index (χ0) is 13.0. The van der Waals surface area contributed by atoms with E-state index in [1.165, 1.54) is 25.0 Å². The quantitative estimate of drug-likeness (QED) is 0.870. The maximum atomic E-state index is 12.3. The Bertz CT molecular complexity index is 297. The number of carbonyl (C=O) groups is 1. The number of carbonyl (C=O) groups excluding carboxylic acids is 1. The van der Waals surface area contributed by atoms with E-state index in [0.717, 1.165) is 25.4 Å². The van der Waals surface area contributed by atoms with E-state index in [2.05, 4.69) is 24.1 Å². The lowest BCUT2D eigenvalue weighted by atomic mass is 9.79. The van der Waals surface area contributed by atoms with E-state index in [-0.39, 0.29) is 12.4 Å².